The van der Waals surface area contributed by atoms with Crippen LogP contribution in [-0.4, -0.2) is 27.6 Å². The molecular weight excluding hydrogens is 334 g/mol. The van der Waals surface area contributed by atoms with Crippen molar-refractivity contribution in [2.45, 2.75) is 6.54 Å². The van der Waals surface area contributed by atoms with E-state index < -0.39 is 5.97 Å². The zero-order chi connectivity index (χ0) is 14.8. The fourth-order valence-electron chi connectivity index (χ4n) is 2.13. The summed E-state index contributed by atoms with van der Waals surface area (Å²) in [7, 11) is 1.34. The first-order chi connectivity index (χ1) is 10.2. The predicted molar refractivity (Wildman–Crippen MR) is 82.1 cm³/mol. The Morgan fingerprint density at radius 1 is 1.33 bits per heavy atom. The van der Waals surface area contributed by atoms with E-state index in [0.29, 0.717) is 6.54 Å². The Bertz CT molecular complexity index is 799. The van der Waals surface area contributed by atoms with Crippen molar-refractivity contribution in [2.24, 2.45) is 0 Å². The number of hydrogen-bond donors (Lipinski definition) is 0. The van der Waals surface area contributed by atoms with E-state index in [-0.39, 0.29) is 5.69 Å². The van der Waals surface area contributed by atoms with Crippen LogP contribution in [0.4, 0.5) is 0 Å². The molecule has 0 aliphatic heterocycles. The minimum Gasteiger partial charge on any atom is -0.464 e. The summed E-state index contributed by atoms with van der Waals surface area (Å²) in [5, 5.41) is 0.943. The van der Waals surface area contributed by atoms with E-state index in [1.165, 1.54) is 7.11 Å². The van der Waals surface area contributed by atoms with Crippen molar-refractivity contribution in [3.8, 4) is 0 Å². The quantitative estimate of drug-likeness (QED) is 0.684. The molecule has 0 bridgehead atoms. The van der Waals surface area contributed by atoms with Gasteiger partial charge in [0.2, 0.25) is 0 Å². The zero-order valence-electron chi connectivity index (χ0n) is 11.3. The lowest BCUT2D eigenvalue weighted by Crippen LogP contribution is -2.06. The van der Waals surface area contributed by atoms with Gasteiger partial charge in [-0.05, 0) is 40.2 Å². The number of hydrogen-bond acceptors (Lipinski definition) is 4. The first-order valence-corrected chi connectivity index (χ1v) is 7.12. The standard InChI is InChI=1S/C15H12BrN3O2/c1-21-15(20)13-6-5-11-12(16)9-19(14(11)18-13)8-10-4-2-3-7-17-10/h2-7,9H,8H2,1H3. The maximum Gasteiger partial charge on any atom is 0.356 e. The summed E-state index contributed by atoms with van der Waals surface area (Å²) in [6, 6.07) is 9.28. The summed E-state index contributed by atoms with van der Waals surface area (Å²) in [4.78, 5) is 20.3. The number of carbonyl (C=O) groups excluding carboxylic acids is 1. The fourth-order valence-corrected chi connectivity index (χ4v) is 2.68. The summed E-state index contributed by atoms with van der Waals surface area (Å²) in [5.41, 5.74) is 1.93. The number of fused-ring (bicyclic) bond motifs is 1. The SMILES string of the molecule is COC(=O)c1ccc2c(Br)cn(Cc3ccccn3)c2n1. The molecule has 0 fully saturated rings. The molecule has 3 aromatic rings. The molecule has 21 heavy (non-hydrogen) atoms. The van der Waals surface area contributed by atoms with Gasteiger partial charge in [0.25, 0.3) is 0 Å². The molecule has 0 saturated carbocycles. The number of methoxy groups -OCH3 is 1. The first-order valence-electron chi connectivity index (χ1n) is 6.32. The number of carbonyl (C=O) groups is 1. The number of halogens is 1. The number of aromatic nitrogens is 3. The van der Waals surface area contributed by atoms with Crippen LogP contribution in [-0.2, 0) is 11.3 Å². The molecule has 0 N–H and O–H groups in total. The third-order valence-corrected chi connectivity index (χ3v) is 3.76. The van der Waals surface area contributed by atoms with Gasteiger partial charge in [-0.3, -0.25) is 4.98 Å². The van der Waals surface area contributed by atoms with E-state index in [1.807, 2.05) is 35.0 Å². The van der Waals surface area contributed by atoms with E-state index in [1.54, 1.807) is 12.3 Å². The van der Waals surface area contributed by atoms with Crippen LogP contribution in [0.1, 0.15) is 16.2 Å². The summed E-state index contributed by atoms with van der Waals surface area (Å²) in [6.07, 6.45) is 3.69. The second-order valence-electron chi connectivity index (χ2n) is 4.49. The average molecular weight is 346 g/mol. The lowest BCUT2D eigenvalue weighted by atomic mass is 10.3. The molecular formula is C15H12BrN3O2. The minimum atomic E-state index is -0.446. The smallest absolute Gasteiger partial charge is 0.356 e. The number of pyridine rings is 2. The monoisotopic (exact) mass is 345 g/mol. The molecule has 106 valence electrons. The lowest BCUT2D eigenvalue weighted by molar-refractivity contribution is 0.0594. The molecule has 0 aliphatic carbocycles. The maximum absolute atomic E-state index is 11.6. The van der Waals surface area contributed by atoms with Crippen molar-refractivity contribution in [1.82, 2.24) is 14.5 Å². The second kappa shape index (κ2) is 5.65. The molecule has 5 nitrogen and oxygen atoms in total. The van der Waals surface area contributed by atoms with Gasteiger partial charge in [-0.25, -0.2) is 9.78 Å². The third-order valence-electron chi connectivity index (χ3n) is 3.13. The highest BCUT2D eigenvalue weighted by atomic mass is 79.9. The fraction of sp³-hybridized carbons (Fsp3) is 0.133. The molecule has 0 atom stereocenters. The van der Waals surface area contributed by atoms with E-state index in [2.05, 4.69) is 25.9 Å². The van der Waals surface area contributed by atoms with E-state index in [9.17, 15) is 4.79 Å². The van der Waals surface area contributed by atoms with E-state index in [4.69, 9.17) is 4.74 Å². The Balaban J connectivity index is 2.07. The van der Waals surface area contributed by atoms with Gasteiger partial charge in [0.15, 0.2) is 5.69 Å². The van der Waals surface area contributed by atoms with Crippen molar-refractivity contribution in [2.75, 3.05) is 7.11 Å². The highest BCUT2D eigenvalue weighted by molar-refractivity contribution is 9.10. The Hall–Kier alpha value is -2.21. The molecule has 0 aliphatic rings. The molecule has 6 heteroatoms. The molecule has 0 aromatic carbocycles. The summed E-state index contributed by atoms with van der Waals surface area (Å²) in [6.45, 7) is 0.584. The van der Waals surface area contributed by atoms with Gasteiger partial charge in [0.1, 0.15) is 5.65 Å². The zero-order valence-corrected chi connectivity index (χ0v) is 12.9. The summed E-state index contributed by atoms with van der Waals surface area (Å²) >= 11 is 3.51. The van der Waals surface area contributed by atoms with Crippen molar-refractivity contribution >= 4 is 32.9 Å². The van der Waals surface area contributed by atoms with Gasteiger partial charge >= 0.3 is 5.97 Å². The molecule has 3 aromatic heterocycles. The van der Waals surface area contributed by atoms with Crippen molar-refractivity contribution in [3.63, 3.8) is 0 Å². The Kier molecular flexibility index (Phi) is 3.70. The summed E-state index contributed by atoms with van der Waals surface area (Å²) < 4.78 is 7.60. The third kappa shape index (κ3) is 2.67. The van der Waals surface area contributed by atoms with Crippen molar-refractivity contribution in [1.29, 1.82) is 0 Å². The highest BCUT2D eigenvalue weighted by Gasteiger charge is 2.13. The van der Waals surface area contributed by atoms with Gasteiger partial charge in [-0.15, -0.1) is 0 Å². The normalized spacial score (nSPS) is 10.8. The van der Waals surface area contributed by atoms with Gasteiger partial charge in [-0.1, -0.05) is 6.07 Å². The number of rotatable bonds is 3. The summed E-state index contributed by atoms with van der Waals surface area (Å²) in [5.74, 6) is -0.446. The highest BCUT2D eigenvalue weighted by Crippen LogP contribution is 2.25. The number of esters is 1. The molecule has 3 rings (SSSR count). The minimum absolute atomic E-state index is 0.290. The second-order valence-corrected chi connectivity index (χ2v) is 5.34. The molecule has 0 spiro atoms. The molecule has 0 unspecified atom stereocenters. The van der Waals surface area contributed by atoms with E-state index >= 15 is 0 Å². The van der Waals surface area contributed by atoms with Gasteiger partial charge in [0, 0.05) is 22.3 Å². The Morgan fingerprint density at radius 2 is 2.19 bits per heavy atom. The number of ether oxygens (including phenoxy) is 1. The largest absolute Gasteiger partial charge is 0.464 e. The van der Waals surface area contributed by atoms with Crippen LogP contribution >= 0.6 is 15.9 Å². The van der Waals surface area contributed by atoms with Crippen LogP contribution in [0.25, 0.3) is 11.0 Å². The molecule has 0 radical (unpaired) electrons. The topological polar surface area (TPSA) is 57.0 Å². The van der Waals surface area contributed by atoms with Crippen LogP contribution in [0.3, 0.4) is 0 Å². The Morgan fingerprint density at radius 3 is 2.90 bits per heavy atom. The lowest BCUT2D eigenvalue weighted by Gasteiger charge is -2.05. The predicted octanol–water partition coefficient (Wildman–Crippen LogP) is 3.03. The molecule has 0 amide bonds. The maximum atomic E-state index is 11.6. The van der Waals surface area contributed by atoms with Crippen LogP contribution in [0, 0.1) is 0 Å². The van der Waals surface area contributed by atoms with E-state index in [0.717, 1.165) is 21.2 Å². The van der Waals surface area contributed by atoms with Crippen molar-refractivity contribution < 1.29 is 9.53 Å². The first kappa shape index (κ1) is 13.8. The van der Waals surface area contributed by atoms with Crippen molar-refractivity contribution in [3.05, 3.63) is 58.6 Å². The Labute approximate surface area is 129 Å². The molecule has 3 heterocycles. The van der Waals surface area contributed by atoms with Gasteiger partial charge < -0.3 is 9.30 Å². The molecule has 0 saturated heterocycles. The van der Waals surface area contributed by atoms with Crippen LogP contribution < -0.4 is 0 Å². The van der Waals surface area contributed by atoms with Gasteiger partial charge in [0.05, 0.1) is 19.3 Å². The van der Waals surface area contributed by atoms with Crippen LogP contribution in [0.2, 0.25) is 0 Å². The van der Waals surface area contributed by atoms with Crippen LogP contribution in [0.5, 0.6) is 0 Å². The number of nitrogens with zero attached hydrogens (tertiary/aromatic N) is 3. The average Bonchev–Trinajstić information content (AvgIpc) is 2.83. The van der Waals surface area contributed by atoms with Crippen LogP contribution in [0.15, 0.2) is 47.2 Å². The van der Waals surface area contributed by atoms with Gasteiger partial charge in [-0.2, -0.15) is 0 Å².